The molecule has 2 N–H and O–H groups in total. The Morgan fingerprint density at radius 2 is 1.10 bits per heavy atom. The lowest BCUT2D eigenvalue weighted by molar-refractivity contribution is -0.748. The Bertz CT molecular complexity index is 812. The second kappa shape index (κ2) is 8.74. The van der Waals surface area contributed by atoms with E-state index < -0.39 is 0 Å². The predicted molar refractivity (Wildman–Crippen MR) is 110 cm³/mol. The van der Waals surface area contributed by atoms with Gasteiger partial charge in [-0.3, -0.25) is 4.79 Å². The lowest BCUT2D eigenvalue weighted by Gasteiger charge is -2.37. The minimum absolute atomic E-state index is 0.0728. The van der Waals surface area contributed by atoms with E-state index in [4.69, 9.17) is 18.9 Å². The number of ether oxygens (including phenoxy) is 4. The van der Waals surface area contributed by atoms with E-state index in [1.165, 1.54) is 0 Å². The van der Waals surface area contributed by atoms with Gasteiger partial charge >= 0.3 is 0 Å². The summed E-state index contributed by atoms with van der Waals surface area (Å²) in [5, 5.41) is 2.26. The van der Waals surface area contributed by atoms with E-state index in [-0.39, 0.29) is 29.7 Å². The van der Waals surface area contributed by atoms with Crippen LogP contribution in [0.2, 0.25) is 0 Å². The Labute approximate surface area is 172 Å². The van der Waals surface area contributed by atoms with Gasteiger partial charge in [0, 0.05) is 12.1 Å². The maximum Gasteiger partial charge on any atom is 0.151 e. The van der Waals surface area contributed by atoms with Crippen molar-refractivity contribution in [2.45, 2.75) is 25.9 Å². The number of carbonyl (C=O) groups is 1. The van der Waals surface area contributed by atoms with Crippen LogP contribution in [0.3, 0.4) is 0 Å². The highest BCUT2D eigenvalue weighted by Gasteiger charge is 2.45. The van der Waals surface area contributed by atoms with Crippen LogP contribution >= 0.6 is 0 Å². The molecule has 0 bridgehead atoms. The molecule has 29 heavy (non-hydrogen) atoms. The number of hydrogen-bond acceptors (Lipinski definition) is 5. The number of quaternary nitrogens is 1. The van der Waals surface area contributed by atoms with E-state index in [1.807, 2.05) is 50.2 Å². The first-order valence-electron chi connectivity index (χ1n) is 9.77. The van der Waals surface area contributed by atoms with E-state index in [2.05, 4.69) is 5.32 Å². The zero-order valence-electron chi connectivity index (χ0n) is 17.9. The number of ketones is 1. The molecule has 3 rings (SSSR count). The summed E-state index contributed by atoms with van der Waals surface area (Å²) in [6.07, 6.45) is 0. The number of benzene rings is 2. The lowest BCUT2D eigenvalue weighted by atomic mass is 9.76. The molecule has 0 unspecified atom stereocenters. The third-order valence-corrected chi connectivity index (χ3v) is 5.99. The minimum atomic E-state index is -0.146. The highest BCUT2D eigenvalue weighted by molar-refractivity contribution is 5.85. The highest BCUT2D eigenvalue weighted by Crippen LogP contribution is 2.39. The summed E-state index contributed by atoms with van der Waals surface area (Å²) in [6.45, 7) is 3.98. The van der Waals surface area contributed by atoms with Gasteiger partial charge in [0.1, 0.15) is 35.1 Å². The fourth-order valence-corrected chi connectivity index (χ4v) is 4.26. The highest BCUT2D eigenvalue weighted by atomic mass is 16.5. The fourth-order valence-electron chi connectivity index (χ4n) is 4.26. The zero-order chi connectivity index (χ0) is 21.1. The first kappa shape index (κ1) is 21.0. The fraction of sp³-hybridized carbons (Fsp3) is 0.435. The molecule has 1 saturated heterocycles. The number of nitrogens with two attached hydrogens (primary N) is 1. The number of methoxy groups -OCH3 is 4. The van der Waals surface area contributed by atoms with Gasteiger partial charge in [0.05, 0.1) is 51.4 Å². The number of Topliss-reactive ketones (excluding diaryl/α,β-unsaturated/α-hetero) is 1. The van der Waals surface area contributed by atoms with Gasteiger partial charge in [0.15, 0.2) is 5.78 Å². The Balaban J connectivity index is 2.03. The molecule has 1 fully saturated rings. The van der Waals surface area contributed by atoms with Crippen molar-refractivity contribution in [3.05, 3.63) is 47.5 Å². The van der Waals surface area contributed by atoms with E-state index >= 15 is 0 Å². The molecular formula is C23H30NO5+. The van der Waals surface area contributed by atoms with Gasteiger partial charge in [-0.05, 0) is 38.1 Å². The standard InChI is InChI=1S/C23H29NO5/c1-13-21(17-9-7-15(26-3)11-19(17)28-5)24-22(14(2)23(13)25)18-10-8-16(27-4)12-20(18)29-6/h7-14,21-22,24H,1-6H3/p+1/t13-,14+,21-,22+. The summed E-state index contributed by atoms with van der Waals surface area (Å²) in [5.74, 6) is 2.84. The molecule has 0 saturated carbocycles. The molecule has 1 aliphatic rings. The van der Waals surface area contributed by atoms with Crippen molar-refractivity contribution >= 4 is 5.78 Å². The minimum Gasteiger partial charge on any atom is -0.497 e. The summed E-state index contributed by atoms with van der Waals surface area (Å²) in [5.41, 5.74) is 1.97. The predicted octanol–water partition coefficient (Wildman–Crippen LogP) is 2.92. The molecule has 0 aromatic heterocycles. The maximum atomic E-state index is 13.2. The van der Waals surface area contributed by atoms with Crippen LogP contribution in [-0.4, -0.2) is 34.2 Å². The van der Waals surface area contributed by atoms with E-state index in [0.717, 1.165) is 34.1 Å². The summed E-state index contributed by atoms with van der Waals surface area (Å²) < 4.78 is 21.9. The SMILES string of the molecule is COc1ccc([C@H]2[NH2+][C@@H](c3ccc(OC)cc3OC)[C@@H](C)C(=O)[C@H]2C)c(OC)c1. The monoisotopic (exact) mass is 400 g/mol. The van der Waals surface area contributed by atoms with E-state index in [0.29, 0.717) is 0 Å². The van der Waals surface area contributed by atoms with Gasteiger partial charge < -0.3 is 24.3 Å². The molecule has 1 heterocycles. The molecule has 6 heteroatoms. The Kier molecular flexibility index (Phi) is 6.33. The van der Waals surface area contributed by atoms with Crippen LogP contribution < -0.4 is 24.3 Å². The molecule has 156 valence electrons. The van der Waals surface area contributed by atoms with Crippen LogP contribution in [0.25, 0.3) is 0 Å². The van der Waals surface area contributed by atoms with Gasteiger partial charge in [-0.1, -0.05) is 0 Å². The van der Waals surface area contributed by atoms with Crippen molar-refractivity contribution in [1.29, 1.82) is 0 Å². The van der Waals surface area contributed by atoms with Crippen molar-refractivity contribution in [3.8, 4) is 23.0 Å². The van der Waals surface area contributed by atoms with Crippen LogP contribution in [0.4, 0.5) is 0 Å². The first-order chi connectivity index (χ1) is 13.9. The van der Waals surface area contributed by atoms with E-state index in [9.17, 15) is 4.79 Å². The van der Waals surface area contributed by atoms with Gasteiger partial charge in [0.2, 0.25) is 0 Å². The second-order valence-electron chi connectivity index (χ2n) is 7.44. The molecule has 0 spiro atoms. The summed E-state index contributed by atoms with van der Waals surface area (Å²) in [6, 6.07) is 11.4. The van der Waals surface area contributed by atoms with Crippen molar-refractivity contribution in [1.82, 2.24) is 0 Å². The second-order valence-corrected chi connectivity index (χ2v) is 7.44. The molecule has 2 aromatic carbocycles. The van der Waals surface area contributed by atoms with Crippen LogP contribution in [0, 0.1) is 11.8 Å². The molecule has 2 aromatic rings. The van der Waals surface area contributed by atoms with Crippen LogP contribution in [0.1, 0.15) is 37.1 Å². The Hall–Kier alpha value is -2.73. The smallest absolute Gasteiger partial charge is 0.151 e. The van der Waals surface area contributed by atoms with Crippen molar-refractivity contribution in [2.75, 3.05) is 28.4 Å². The van der Waals surface area contributed by atoms with Crippen molar-refractivity contribution < 1.29 is 29.1 Å². The topological polar surface area (TPSA) is 70.6 Å². The van der Waals surface area contributed by atoms with Gasteiger partial charge in [-0.25, -0.2) is 0 Å². The van der Waals surface area contributed by atoms with Crippen LogP contribution in [0.15, 0.2) is 36.4 Å². The number of hydrogen-bond donors (Lipinski definition) is 1. The van der Waals surface area contributed by atoms with E-state index in [1.54, 1.807) is 28.4 Å². The number of piperidine rings is 1. The summed E-state index contributed by atoms with van der Waals surface area (Å²) >= 11 is 0. The van der Waals surface area contributed by atoms with Crippen LogP contribution in [0.5, 0.6) is 23.0 Å². The van der Waals surface area contributed by atoms with Gasteiger partial charge in [-0.15, -0.1) is 0 Å². The molecule has 4 atom stereocenters. The zero-order valence-corrected chi connectivity index (χ0v) is 17.9. The quantitative estimate of drug-likeness (QED) is 0.807. The normalized spacial score (nSPS) is 24.1. The first-order valence-corrected chi connectivity index (χ1v) is 9.77. The maximum absolute atomic E-state index is 13.2. The molecule has 6 nitrogen and oxygen atoms in total. The molecule has 0 aliphatic carbocycles. The third kappa shape index (κ3) is 3.90. The average molecular weight is 400 g/mol. The lowest BCUT2D eigenvalue weighted by Crippen LogP contribution is -2.91. The third-order valence-electron chi connectivity index (χ3n) is 5.99. The molecule has 0 amide bonds. The summed E-state index contributed by atoms with van der Waals surface area (Å²) in [4.78, 5) is 13.2. The molecule has 1 aliphatic heterocycles. The van der Waals surface area contributed by atoms with Crippen molar-refractivity contribution in [3.63, 3.8) is 0 Å². The summed E-state index contributed by atoms with van der Waals surface area (Å²) in [7, 11) is 6.53. The molecular weight excluding hydrogens is 370 g/mol. The number of carbonyl (C=O) groups excluding carboxylic acids is 1. The van der Waals surface area contributed by atoms with Crippen LogP contribution in [-0.2, 0) is 4.79 Å². The van der Waals surface area contributed by atoms with Gasteiger partial charge in [0.25, 0.3) is 0 Å². The largest absolute Gasteiger partial charge is 0.497 e. The average Bonchev–Trinajstić information content (AvgIpc) is 2.77. The Morgan fingerprint density at radius 1 is 0.690 bits per heavy atom. The Morgan fingerprint density at radius 3 is 1.45 bits per heavy atom. The van der Waals surface area contributed by atoms with Gasteiger partial charge in [-0.2, -0.15) is 0 Å². The number of rotatable bonds is 6. The molecule has 0 radical (unpaired) electrons. The van der Waals surface area contributed by atoms with Crippen molar-refractivity contribution in [2.24, 2.45) is 11.8 Å².